The molecule has 6 heteroatoms. The Morgan fingerprint density at radius 2 is 2.07 bits per heavy atom. The van der Waals surface area contributed by atoms with Crippen LogP contribution in [-0.4, -0.2) is 33.8 Å². The number of nitriles is 1. The minimum absolute atomic E-state index is 0.149. The normalized spacial score (nSPS) is 20.7. The number of aliphatic hydroxyl groups is 1. The zero-order chi connectivity index (χ0) is 20.9. The molecule has 1 aliphatic rings. The molecule has 29 heavy (non-hydrogen) atoms. The van der Waals surface area contributed by atoms with Gasteiger partial charge in [0.2, 0.25) is 5.95 Å². The van der Waals surface area contributed by atoms with Crippen LogP contribution in [0.1, 0.15) is 56.7 Å². The van der Waals surface area contributed by atoms with Crippen molar-refractivity contribution in [1.29, 1.82) is 5.26 Å². The van der Waals surface area contributed by atoms with E-state index in [1.165, 1.54) is 11.1 Å². The van der Waals surface area contributed by atoms with Gasteiger partial charge in [0.1, 0.15) is 17.5 Å². The molecule has 2 atom stereocenters. The first-order chi connectivity index (χ1) is 13.9. The van der Waals surface area contributed by atoms with Gasteiger partial charge in [0.15, 0.2) is 0 Å². The Labute approximate surface area is 173 Å². The van der Waals surface area contributed by atoms with E-state index in [-0.39, 0.29) is 17.6 Å². The maximum Gasteiger partial charge on any atom is 0.224 e. The van der Waals surface area contributed by atoms with Crippen molar-refractivity contribution in [3.8, 4) is 6.07 Å². The quantitative estimate of drug-likeness (QED) is 0.660. The van der Waals surface area contributed by atoms with Gasteiger partial charge in [-0.25, -0.2) is 4.98 Å². The lowest BCUT2D eigenvalue weighted by molar-refractivity contribution is 0.00926. The van der Waals surface area contributed by atoms with Gasteiger partial charge in [-0.2, -0.15) is 10.2 Å². The minimum Gasteiger partial charge on any atom is -0.393 e. The van der Waals surface area contributed by atoms with Crippen LogP contribution in [0.25, 0.3) is 0 Å². The van der Waals surface area contributed by atoms with Gasteiger partial charge in [-0.05, 0) is 48.6 Å². The summed E-state index contributed by atoms with van der Waals surface area (Å²) >= 11 is 0. The van der Waals surface area contributed by atoms with E-state index in [9.17, 15) is 10.4 Å². The second kappa shape index (κ2) is 9.23. The molecule has 3 N–H and O–H groups in total. The second-order valence-electron chi connectivity index (χ2n) is 8.55. The predicted octanol–water partition coefficient (Wildman–Crippen LogP) is 3.92. The Balaban J connectivity index is 1.63. The van der Waals surface area contributed by atoms with Crippen molar-refractivity contribution >= 4 is 11.8 Å². The fourth-order valence-electron chi connectivity index (χ4n) is 3.92. The maximum atomic E-state index is 10.2. The molecular formula is C23H31N5O. The van der Waals surface area contributed by atoms with Crippen molar-refractivity contribution in [1.82, 2.24) is 9.97 Å². The number of aryl methyl sites for hydroxylation is 1. The summed E-state index contributed by atoms with van der Waals surface area (Å²) in [5.74, 6) is 1.09. The Bertz CT molecular complexity index is 874. The summed E-state index contributed by atoms with van der Waals surface area (Å²) in [6, 6.07) is 11.0. The number of hydrogen-bond acceptors (Lipinski definition) is 6. The molecule has 154 valence electrons. The molecule has 0 amide bonds. The van der Waals surface area contributed by atoms with Gasteiger partial charge in [0.25, 0.3) is 0 Å². The van der Waals surface area contributed by atoms with E-state index in [0.29, 0.717) is 17.3 Å². The van der Waals surface area contributed by atoms with Crippen molar-refractivity contribution in [3.05, 3.63) is 47.2 Å². The van der Waals surface area contributed by atoms with Crippen LogP contribution in [0.3, 0.4) is 0 Å². The summed E-state index contributed by atoms with van der Waals surface area (Å²) in [6.07, 6.45) is 5.64. The summed E-state index contributed by atoms with van der Waals surface area (Å²) in [7, 11) is 0. The molecule has 1 saturated carbocycles. The van der Waals surface area contributed by atoms with E-state index in [4.69, 9.17) is 0 Å². The van der Waals surface area contributed by atoms with Gasteiger partial charge < -0.3 is 15.7 Å². The van der Waals surface area contributed by atoms with Crippen LogP contribution in [0.5, 0.6) is 0 Å². The van der Waals surface area contributed by atoms with Gasteiger partial charge in [-0.15, -0.1) is 0 Å². The summed E-state index contributed by atoms with van der Waals surface area (Å²) in [6.45, 7) is 7.04. The van der Waals surface area contributed by atoms with Crippen LogP contribution in [0.15, 0.2) is 30.5 Å². The van der Waals surface area contributed by atoms with E-state index in [1.807, 2.05) is 0 Å². The van der Waals surface area contributed by atoms with Gasteiger partial charge in [0, 0.05) is 12.6 Å². The molecule has 6 nitrogen and oxygen atoms in total. The SMILES string of the molecule is CCc1cccc(CCNc2ncc(C#N)c(N[C@@H]3CC[C@H](O)C(C)(C)C3)n2)c1. The molecule has 1 heterocycles. The summed E-state index contributed by atoms with van der Waals surface area (Å²) < 4.78 is 0. The third-order valence-electron chi connectivity index (χ3n) is 5.81. The number of anilines is 2. The number of benzene rings is 1. The number of nitrogens with zero attached hydrogens (tertiary/aromatic N) is 3. The number of hydrogen-bond donors (Lipinski definition) is 3. The highest BCUT2D eigenvalue weighted by Crippen LogP contribution is 2.36. The molecule has 0 aliphatic heterocycles. The molecule has 0 radical (unpaired) electrons. The van der Waals surface area contributed by atoms with E-state index in [1.54, 1.807) is 6.20 Å². The van der Waals surface area contributed by atoms with Crippen LogP contribution in [-0.2, 0) is 12.8 Å². The Kier molecular flexibility index (Phi) is 6.71. The van der Waals surface area contributed by atoms with E-state index in [0.717, 1.165) is 38.6 Å². The monoisotopic (exact) mass is 393 g/mol. The fourth-order valence-corrected chi connectivity index (χ4v) is 3.92. The van der Waals surface area contributed by atoms with Crippen molar-refractivity contribution in [2.45, 2.75) is 65.0 Å². The lowest BCUT2D eigenvalue weighted by Gasteiger charge is -2.40. The zero-order valence-electron chi connectivity index (χ0n) is 17.6. The molecule has 3 rings (SSSR count). The van der Waals surface area contributed by atoms with Crippen LogP contribution >= 0.6 is 0 Å². The molecule has 1 aromatic heterocycles. The lowest BCUT2D eigenvalue weighted by atomic mass is 9.73. The summed E-state index contributed by atoms with van der Waals surface area (Å²) in [5.41, 5.74) is 2.91. The van der Waals surface area contributed by atoms with Crippen LogP contribution in [0, 0.1) is 16.7 Å². The van der Waals surface area contributed by atoms with Crippen molar-refractivity contribution in [2.75, 3.05) is 17.2 Å². The van der Waals surface area contributed by atoms with E-state index >= 15 is 0 Å². The largest absolute Gasteiger partial charge is 0.393 e. The molecule has 2 aromatic rings. The number of aliphatic hydroxyl groups excluding tert-OH is 1. The Morgan fingerprint density at radius 3 is 2.79 bits per heavy atom. The fraction of sp³-hybridized carbons (Fsp3) is 0.522. The highest BCUT2D eigenvalue weighted by atomic mass is 16.3. The molecular weight excluding hydrogens is 362 g/mol. The third-order valence-corrected chi connectivity index (χ3v) is 5.81. The minimum atomic E-state index is -0.287. The van der Waals surface area contributed by atoms with Crippen LogP contribution < -0.4 is 10.6 Å². The second-order valence-corrected chi connectivity index (χ2v) is 8.55. The van der Waals surface area contributed by atoms with Crippen LogP contribution in [0.2, 0.25) is 0 Å². The van der Waals surface area contributed by atoms with Crippen molar-refractivity contribution in [3.63, 3.8) is 0 Å². The predicted molar refractivity (Wildman–Crippen MR) is 116 cm³/mol. The zero-order valence-corrected chi connectivity index (χ0v) is 17.6. The average molecular weight is 394 g/mol. The first kappa shape index (κ1) is 21.1. The molecule has 0 bridgehead atoms. The molecule has 1 aromatic carbocycles. The average Bonchev–Trinajstić information content (AvgIpc) is 2.71. The Hall–Kier alpha value is -2.65. The molecule has 0 saturated heterocycles. The highest BCUT2D eigenvalue weighted by Gasteiger charge is 2.35. The molecule has 0 spiro atoms. The number of aromatic nitrogens is 2. The molecule has 1 aliphatic carbocycles. The number of nitrogens with one attached hydrogen (secondary N) is 2. The van der Waals surface area contributed by atoms with Gasteiger partial charge >= 0.3 is 0 Å². The smallest absolute Gasteiger partial charge is 0.224 e. The topological polar surface area (TPSA) is 93.9 Å². The van der Waals surface area contributed by atoms with Gasteiger partial charge in [0.05, 0.1) is 12.3 Å². The first-order valence-corrected chi connectivity index (χ1v) is 10.4. The van der Waals surface area contributed by atoms with Gasteiger partial charge in [-0.1, -0.05) is 45.0 Å². The summed E-state index contributed by atoms with van der Waals surface area (Å²) in [4.78, 5) is 8.84. The van der Waals surface area contributed by atoms with Gasteiger partial charge in [-0.3, -0.25) is 0 Å². The number of rotatable bonds is 7. The van der Waals surface area contributed by atoms with E-state index < -0.39 is 0 Å². The maximum absolute atomic E-state index is 10.2. The summed E-state index contributed by atoms with van der Waals surface area (Å²) in [5, 5.41) is 26.3. The van der Waals surface area contributed by atoms with Crippen molar-refractivity contribution in [2.24, 2.45) is 5.41 Å². The lowest BCUT2D eigenvalue weighted by Crippen LogP contribution is -2.41. The molecule has 1 fully saturated rings. The first-order valence-electron chi connectivity index (χ1n) is 10.4. The highest BCUT2D eigenvalue weighted by molar-refractivity contribution is 5.54. The van der Waals surface area contributed by atoms with Crippen molar-refractivity contribution < 1.29 is 5.11 Å². The Morgan fingerprint density at radius 1 is 1.28 bits per heavy atom. The third kappa shape index (κ3) is 5.45. The standard InChI is InChI=1S/C23H31N5O/c1-4-16-6-5-7-17(12-16)10-11-25-22-26-15-18(14-24)21(28-22)27-19-8-9-20(29)23(2,3)13-19/h5-7,12,15,19-20,29H,4,8-11,13H2,1-3H3,(H2,25,26,27,28)/t19-,20+/m1/s1. The van der Waals surface area contributed by atoms with E-state index in [2.05, 4.69) is 71.7 Å². The van der Waals surface area contributed by atoms with Crippen LogP contribution in [0.4, 0.5) is 11.8 Å². The molecule has 0 unspecified atom stereocenters.